The van der Waals surface area contributed by atoms with Gasteiger partial charge < -0.3 is 14.7 Å². The van der Waals surface area contributed by atoms with Crippen LogP contribution >= 0.6 is 0 Å². The third-order valence-corrected chi connectivity index (χ3v) is 3.71. The van der Waals surface area contributed by atoms with Crippen molar-refractivity contribution in [1.82, 2.24) is 4.90 Å². The summed E-state index contributed by atoms with van der Waals surface area (Å²) in [6.07, 6.45) is 2.81. The highest BCUT2D eigenvalue weighted by molar-refractivity contribution is 5.80. The van der Waals surface area contributed by atoms with E-state index in [-0.39, 0.29) is 24.0 Å². The number of amides is 1. The Bertz CT molecular complexity index is 312. The highest BCUT2D eigenvalue weighted by Gasteiger charge is 2.40. The first kappa shape index (κ1) is 12.4. The van der Waals surface area contributed by atoms with Crippen LogP contribution in [0, 0.1) is 5.92 Å². The number of carbonyl (C=O) groups is 2. The van der Waals surface area contributed by atoms with Gasteiger partial charge in [-0.15, -0.1) is 0 Å². The molecule has 2 rings (SSSR count). The number of aliphatic carboxylic acids is 1. The second-order valence-corrected chi connectivity index (χ2v) is 4.82. The van der Waals surface area contributed by atoms with Crippen LogP contribution in [0.5, 0.6) is 0 Å². The molecule has 1 aliphatic heterocycles. The van der Waals surface area contributed by atoms with E-state index in [4.69, 9.17) is 9.84 Å². The van der Waals surface area contributed by atoms with E-state index in [1.165, 1.54) is 0 Å². The zero-order chi connectivity index (χ0) is 12.4. The fourth-order valence-electron chi connectivity index (χ4n) is 2.59. The first-order valence-corrected chi connectivity index (χ1v) is 6.25. The van der Waals surface area contributed by atoms with Crippen molar-refractivity contribution in [2.45, 2.75) is 44.8 Å². The summed E-state index contributed by atoms with van der Waals surface area (Å²) in [5.41, 5.74) is 0. The maximum Gasteiger partial charge on any atom is 0.308 e. The number of likely N-dealkylation sites (tertiary alicyclic amines) is 1. The highest BCUT2D eigenvalue weighted by atomic mass is 16.5. The number of carbonyl (C=O) groups excluding carboxylic acids is 1. The first-order valence-electron chi connectivity index (χ1n) is 6.25. The van der Waals surface area contributed by atoms with E-state index in [0.29, 0.717) is 26.0 Å². The zero-order valence-corrected chi connectivity index (χ0v) is 10.1. The van der Waals surface area contributed by atoms with Gasteiger partial charge in [0.25, 0.3) is 0 Å². The predicted molar refractivity (Wildman–Crippen MR) is 60.5 cm³/mol. The van der Waals surface area contributed by atoms with E-state index in [1.807, 2.05) is 6.92 Å². The lowest BCUT2D eigenvalue weighted by Crippen LogP contribution is -2.54. The van der Waals surface area contributed by atoms with Crippen molar-refractivity contribution in [2.24, 2.45) is 5.92 Å². The number of nitrogens with zero attached hydrogens (tertiary/aromatic N) is 1. The van der Waals surface area contributed by atoms with Crippen LogP contribution in [0.4, 0.5) is 0 Å². The van der Waals surface area contributed by atoms with Gasteiger partial charge in [0.05, 0.1) is 12.0 Å². The Kier molecular flexibility index (Phi) is 3.66. The molecule has 0 radical (unpaired) electrons. The average molecular weight is 241 g/mol. The van der Waals surface area contributed by atoms with Crippen LogP contribution in [0.3, 0.4) is 0 Å². The molecule has 2 fully saturated rings. The molecule has 1 saturated heterocycles. The lowest BCUT2D eigenvalue weighted by Gasteiger charge is -2.45. The fraction of sp³-hybridized carbons (Fsp3) is 0.833. The fourth-order valence-corrected chi connectivity index (χ4v) is 2.59. The normalized spacial score (nSPS) is 33.4. The predicted octanol–water partition coefficient (Wildman–Crippen LogP) is 0.877. The average Bonchev–Trinajstić information content (AvgIpc) is 2.24. The van der Waals surface area contributed by atoms with Crippen LogP contribution in [0.1, 0.15) is 32.6 Å². The van der Waals surface area contributed by atoms with E-state index >= 15 is 0 Å². The molecule has 2 aliphatic rings. The molecule has 0 aromatic heterocycles. The maximum atomic E-state index is 11.8. The van der Waals surface area contributed by atoms with Crippen molar-refractivity contribution in [2.75, 3.05) is 13.2 Å². The number of carboxylic acids is 1. The zero-order valence-electron chi connectivity index (χ0n) is 10.1. The minimum Gasteiger partial charge on any atom is -0.481 e. The molecular weight excluding hydrogens is 222 g/mol. The topological polar surface area (TPSA) is 66.8 Å². The summed E-state index contributed by atoms with van der Waals surface area (Å²) < 4.78 is 5.45. The summed E-state index contributed by atoms with van der Waals surface area (Å²) in [6, 6.07) is 0.196. The third-order valence-electron chi connectivity index (χ3n) is 3.71. The Labute approximate surface area is 101 Å². The van der Waals surface area contributed by atoms with Crippen LogP contribution in [-0.2, 0) is 14.3 Å². The molecule has 0 bridgehead atoms. The number of piperidine rings is 1. The Hall–Kier alpha value is -1.10. The van der Waals surface area contributed by atoms with Gasteiger partial charge in [-0.05, 0) is 26.2 Å². The van der Waals surface area contributed by atoms with Crippen molar-refractivity contribution in [1.29, 1.82) is 0 Å². The van der Waals surface area contributed by atoms with Gasteiger partial charge in [-0.1, -0.05) is 0 Å². The van der Waals surface area contributed by atoms with E-state index in [9.17, 15) is 9.59 Å². The lowest BCUT2D eigenvalue weighted by atomic mass is 9.85. The van der Waals surface area contributed by atoms with Crippen molar-refractivity contribution in [3.63, 3.8) is 0 Å². The number of carboxylic acid groups (broad SMARTS) is 1. The van der Waals surface area contributed by atoms with Gasteiger partial charge in [0.1, 0.15) is 0 Å². The molecule has 1 heterocycles. The van der Waals surface area contributed by atoms with E-state index in [0.717, 1.165) is 12.8 Å². The van der Waals surface area contributed by atoms with Crippen LogP contribution in [0.25, 0.3) is 0 Å². The Balaban J connectivity index is 1.87. The Morgan fingerprint density at radius 1 is 1.53 bits per heavy atom. The molecule has 1 aliphatic carbocycles. The van der Waals surface area contributed by atoms with Crippen LogP contribution < -0.4 is 0 Å². The number of ether oxygens (including phenoxy) is 1. The molecule has 1 saturated carbocycles. The van der Waals surface area contributed by atoms with Crippen molar-refractivity contribution in [3.05, 3.63) is 0 Å². The lowest BCUT2D eigenvalue weighted by molar-refractivity contribution is -0.152. The van der Waals surface area contributed by atoms with E-state index < -0.39 is 5.97 Å². The minimum atomic E-state index is -0.789. The summed E-state index contributed by atoms with van der Waals surface area (Å²) in [4.78, 5) is 24.4. The molecule has 5 nitrogen and oxygen atoms in total. The molecule has 1 N–H and O–H groups in total. The van der Waals surface area contributed by atoms with Crippen LogP contribution in [0.2, 0.25) is 0 Å². The van der Waals surface area contributed by atoms with Crippen LogP contribution in [-0.4, -0.2) is 47.2 Å². The molecule has 0 aromatic rings. The van der Waals surface area contributed by atoms with Gasteiger partial charge in [-0.25, -0.2) is 0 Å². The Morgan fingerprint density at radius 3 is 2.82 bits per heavy atom. The molecule has 1 unspecified atom stereocenters. The largest absolute Gasteiger partial charge is 0.481 e. The summed E-state index contributed by atoms with van der Waals surface area (Å²) in [6.45, 7) is 3.03. The van der Waals surface area contributed by atoms with Gasteiger partial charge in [-0.2, -0.15) is 0 Å². The number of hydrogen-bond acceptors (Lipinski definition) is 3. The summed E-state index contributed by atoms with van der Waals surface area (Å²) >= 11 is 0. The first-order chi connectivity index (χ1) is 8.11. The van der Waals surface area contributed by atoms with Gasteiger partial charge >= 0.3 is 5.97 Å². The molecule has 17 heavy (non-hydrogen) atoms. The Morgan fingerprint density at radius 2 is 2.24 bits per heavy atom. The highest BCUT2D eigenvalue weighted by Crippen LogP contribution is 2.32. The van der Waals surface area contributed by atoms with E-state index in [2.05, 4.69) is 0 Å². The molecular formula is C12H19NO4. The smallest absolute Gasteiger partial charge is 0.308 e. The molecule has 0 aromatic carbocycles. The number of hydrogen-bond donors (Lipinski definition) is 1. The SMILES string of the molecule is CCOC1CC(N2CC(C(=O)O)CCC2=O)C1. The summed E-state index contributed by atoms with van der Waals surface area (Å²) in [5.74, 6) is -1.08. The van der Waals surface area contributed by atoms with Gasteiger partial charge in [0, 0.05) is 25.6 Å². The van der Waals surface area contributed by atoms with Crippen LogP contribution in [0.15, 0.2) is 0 Å². The van der Waals surface area contributed by atoms with Gasteiger partial charge in [-0.3, -0.25) is 9.59 Å². The quantitative estimate of drug-likeness (QED) is 0.793. The number of rotatable bonds is 4. The molecule has 96 valence electrons. The second kappa shape index (κ2) is 5.04. The van der Waals surface area contributed by atoms with Crippen molar-refractivity contribution >= 4 is 11.9 Å². The summed E-state index contributed by atoms with van der Waals surface area (Å²) in [7, 11) is 0. The monoisotopic (exact) mass is 241 g/mol. The minimum absolute atomic E-state index is 0.0995. The van der Waals surface area contributed by atoms with Crippen molar-refractivity contribution in [3.8, 4) is 0 Å². The van der Waals surface area contributed by atoms with E-state index in [1.54, 1.807) is 4.90 Å². The van der Waals surface area contributed by atoms with Crippen molar-refractivity contribution < 1.29 is 19.4 Å². The molecule has 1 atom stereocenters. The maximum absolute atomic E-state index is 11.8. The standard InChI is InChI=1S/C12H19NO4/c1-2-17-10-5-9(6-10)13-7-8(12(15)16)3-4-11(13)14/h8-10H,2-7H2,1H3,(H,15,16). The van der Waals surface area contributed by atoms with Gasteiger partial charge in [0.2, 0.25) is 5.91 Å². The summed E-state index contributed by atoms with van der Waals surface area (Å²) in [5, 5.41) is 8.99. The van der Waals surface area contributed by atoms with Gasteiger partial charge in [0.15, 0.2) is 0 Å². The molecule has 1 amide bonds. The molecule has 5 heteroatoms. The third kappa shape index (κ3) is 2.60. The molecule has 0 spiro atoms. The second-order valence-electron chi connectivity index (χ2n) is 4.82.